The van der Waals surface area contributed by atoms with Gasteiger partial charge in [0.15, 0.2) is 5.11 Å². The zero-order chi connectivity index (χ0) is 22.8. The number of esters is 1. The van der Waals surface area contributed by atoms with Crippen LogP contribution < -0.4 is 10.2 Å². The van der Waals surface area contributed by atoms with Gasteiger partial charge in [0, 0.05) is 22.7 Å². The van der Waals surface area contributed by atoms with E-state index in [1.807, 2.05) is 43.3 Å². The van der Waals surface area contributed by atoms with Crippen LogP contribution in [-0.4, -0.2) is 34.1 Å². The number of nitrogens with zero attached hydrogens (tertiary/aromatic N) is 2. The summed E-state index contributed by atoms with van der Waals surface area (Å²) < 4.78 is 6.80. The number of thiocarbonyl (C=S) groups is 1. The predicted molar refractivity (Wildman–Crippen MR) is 126 cm³/mol. The van der Waals surface area contributed by atoms with Crippen LogP contribution in [0, 0.1) is 6.92 Å². The maximum atomic E-state index is 13.3. The molecule has 0 spiro atoms. The molecule has 0 saturated carbocycles. The highest BCUT2D eigenvalue weighted by atomic mass is 32.1. The molecule has 162 valence electrons. The summed E-state index contributed by atoms with van der Waals surface area (Å²) >= 11 is 5.28. The predicted octanol–water partition coefficient (Wildman–Crippen LogP) is 3.34. The van der Waals surface area contributed by atoms with Crippen molar-refractivity contribution in [2.45, 2.75) is 20.4 Å². The molecular formula is C24H21N3O4S. The summed E-state index contributed by atoms with van der Waals surface area (Å²) in [5, 5.41) is 3.45. The lowest BCUT2D eigenvalue weighted by Crippen LogP contribution is -2.54. The third-order valence-corrected chi connectivity index (χ3v) is 5.47. The van der Waals surface area contributed by atoms with Crippen molar-refractivity contribution >= 4 is 57.8 Å². The van der Waals surface area contributed by atoms with E-state index in [9.17, 15) is 14.4 Å². The third-order valence-electron chi connectivity index (χ3n) is 5.18. The number of benzene rings is 2. The highest BCUT2D eigenvalue weighted by Crippen LogP contribution is 2.28. The summed E-state index contributed by atoms with van der Waals surface area (Å²) in [7, 11) is 0. The maximum absolute atomic E-state index is 13.3. The number of rotatable bonds is 5. The Morgan fingerprint density at radius 1 is 1.12 bits per heavy atom. The molecule has 8 heteroatoms. The first-order valence-corrected chi connectivity index (χ1v) is 10.5. The molecule has 1 N–H and O–H groups in total. The maximum Gasteiger partial charge on any atom is 0.325 e. The second-order valence-electron chi connectivity index (χ2n) is 7.28. The van der Waals surface area contributed by atoms with Crippen molar-refractivity contribution in [1.29, 1.82) is 0 Å². The van der Waals surface area contributed by atoms with Crippen LogP contribution in [0.2, 0.25) is 0 Å². The van der Waals surface area contributed by atoms with Crippen molar-refractivity contribution in [3.63, 3.8) is 0 Å². The number of hydrogen-bond acceptors (Lipinski definition) is 5. The summed E-state index contributed by atoms with van der Waals surface area (Å²) in [4.78, 5) is 39.4. The molecule has 0 bridgehead atoms. The Hall–Kier alpha value is -3.78. The topological polar surface area (TPSA) is 80.6 Å². The fourth-order valence-corrected chi connectivity index (χ4v) is 3.99. The van der Waals surface area contributed by atoms with Gasteiger partial charge in [0.05, 0.1) is 12.3 Å². The lowest BCUT2D eigenvalue weighted by atomic mass is 10.1. The first-order valence-electron chi connectivity index (χ1n) is 10.1. The van der Waals surface area contributed by atoms with Gasteiger partial charge in [-0.05, 0) is 49.8 Å². The molecule has 1 fully saturated rings. The molecule has 1 saturated heterocycles. The number of amides is 2. The summed E-state index contributed by atoms with van der Waals surface area (Å²) in [6.07, 6.45) is 3.27. The Balaban J connectivity index is 1.78. The van der Waals surface area contributed by atoms with Gasteiger partial charge in [-0.25, -0.2) is 0 Å². The average molecular weight is 448 g/mol. The number of para-hydroxylation sites is 2. The molecule has 1 aliphatic heterocycles. The SMILES string of the molecule is CCOC(=O)Cn1cc(/C=C2\C(=O)NC(=S)N(c3ccccc3C)C2=O)c2ccccc21. The van der Waals surface area contributed by atoms with Crippen LogP contribution in [0.15, 0.2) is 60.3 Å². The molecular weight excluding hydrogens is 426 g/mol. The van der Waals surface area contributed by atoms with Crippen LogP contribution in [0.5, 0.6) is 0 Å². The molecule has 1 aliphatic rings. The van der Waals surface area contributed by atoms with E-state index in [-0.39, 0.29) is 29.8 Å². The number of aryl methyl sites for hydroxylation is 1. The van der Waals surface area contributed by atoms with Gasteiger partial charge in [0.25, 0.3) is 11.8 Å². The number of fused-ring (bicyclic) bond motifs is 1. The number of nitrogens with one attached hydrogen (secondary N) is 1. The number of carbonyl (C=O) groups excluding carboxylic acids is 3. The van der Waals surface area contributed by atoms with Crippen molar-refractivity contribution < 1.29 is 19.1 Å². The molecule has 32 heavy (non-hydrogen) atoms. The summed E-state index contributed by atoms with van der Waals surface area (Å²) in [5.41, 5.74) is 2.85. The third kappa shape index (κ3) is 3.92. The van der Waals surface area contributed by atoms with E-state index in [1.165, 1.54) is 11.0 Å². The van der Waals surface area contributed by atoms with Gasteiger partial charge in [0.1, 0.15) is 12.1 Å². The van der Waals surface area contributed by atoms with E-state index < -0.39 is 11.8 Å². The minimum Gasteiger partial charge on any atom is -0.465 e. The van der Waals surface area contributed by atoms with Crippen LogP contribution in [0.4, 0.5) is 5.69 Å². The minimum atomic E-state index is -0.563. The Bertz CT molecular complexity index is 1290. The fraction of sp³-hybridized carbons (Fsp3) is 0.167. The number of ether oxygens (including phenoxy) is 1. The van der Waals surface area contributed by atoms with Gasteiger partial charge >= 0.3 is 5.97 Å². The molecule has 1 aromatic heterocycles. The lowest BCUT2D eigenvalue weighted by molar-refractivity contribution is -0.143. The van der Waals surface area contributed by atoms with Crippen LogP contribution in [0.3, 0.4) is 0 Å². The van der Waals surface area contributed by atoms with E-state index in [0.29, 0.717) is 11.3 Å². The van der Waals surface area contributed by atoms with Gasteiger partial charge in [-0.1, -0.05) is 36.4 Å². The van der Waals surface area contributed by atoms with E-state index in [4.69, 9.17) is 17.0 Å². The molecule has 0 radical (unpaired) electrons. The van der Waals surface area contributed by atoms with E-state index in [1.54, 1.807) is 29.8 Å². The second-order valence-corrected chi connectivity index (χ2v) is 7.67. The highest BCUT2D eigenvalue weighted by molar-refractivity contribution is 7.80. The van der Waals surface area contributed by atoms with Crippen molar-refractivity contribution in [2.24, 2.45) is 0 Å². The zero-order valence-electron chi connectivity index (χ0n) is 17.6. The molecule has 0 aliphatic carbocycles. The number of anilines is 1. The molecule has 2 aromatic carbocycles. The Morgan fingerprint density at radius 2 is 1.84 bits per heavy atom. The quantitative estimate of drug-likeness (QED) is 0.281. The summed E-state index contributed by atoms with van der Waals surface area (Å²) in [6, 6.07) is 14.8. The minimum absolute atomic E-state index is 0.0249. The normalized spacial score (nSPS) is 15.4. The van der Waals surface area contributed by atoms with Gasteiger partial charge < -0.3 is 9.30 Å². The summed E-state index contributed by atoms with van der Waals surface area (Å²) in [6.45, 7) is 3.93. The van der Waals surface area contributed by atoms with Crippen LogP contribution >= 0.6 is 12.2 Å². The van der Waals surface area contributed by atoms with Crippen molar-refractivity contribution in [2.75, 3.05) is 11.5 Å². The molecule has 2 heterocycles. The molecule has 3 aromatic rings. The van der Waals surface area contributed by atoms with Crippen molar-refractivity contribution in [1.82, 2.24) is 9.88 Å². The summed E-state index contributed by atoms with van der Waals surface area (Å²) in [5.74, 6) is -1.43. The largest absolute Gasteiger partial charge is 0.465 e. The van der Waals surface area contributed by atoms with E-state index in [0.717, 1.165) is 16.5 Å². The fourth-order valence-electron chi connectivity index (χ4n) is 3.71. The van der Waals surface area contributed by atoms with Crippen LogP contribution in [0.1, 0.15) is 18.1 Å². The Morgan fingerprint density at radius 3 is 2.59 bits per heavy atom. The average Bonchev–Trinajstić information content (AvgIpc) is 3.10. The van der Waals surface area contributed by atoms with Gasteiger partial charge in [-0.3, -0.25) is 24.6 Å². The van der Waals surface area contributed by atoms with Crippen molar-refractivity contribution in [3.05, 3.63) is 71.4 Å². The Kier molecular flexibility index (Phi) is 5.87. The molecule has 0 atom stereocenters. The Labute approximate surface area is 190 Å². The highest BCUT2D eigenvalue weighted by Gasteiger charge is 2.35. The van der Waals surface area contributed by atoms with Crippen LogP contribution in [0.25, 0.3) is 17.0 Å². The lowest BCUT2D eigenvalue weighted by Gasteiger charge is -2.29. The van der Waals surface area contributed by atoms with E-state index >= 15 is 0 Å². The van der Waals surface area contributed by atoms with Gasteiger partial charge in [-0.2, -0.15) is 0 Å². The second kappa shape index (κ2) is 8.76. The van der Waals surface area contributed by atoms with Crippen molar-refractivity contribution in [3.8, 4) is 0 Å². The standard InChI is InChI=1S/C24H21N3O4S/c1-3-31-21(28)14-26-13-16(17-9-5-7-11-20(17)26)12-18-22(29)25-24(32)27(23(18)30)19-10-6-4-8-15(19)2/h4-13H,3,14H2,1-2H3,(H,25,29,32)/b18-12+. The number of aromatic nitrogens is 1. The smallest absolute Gasteiger partial charge is 0.325 e. The van der Waals surface area contributed by atoms with Gasteiger partial charge in [-0.15, -0.1) is 0 Å². The molecule has 2 amide bonds. The number of carbonyl (C=O) groups is 3. The van der Waals surface area contributed by atoms with Crippen LogP contribution in [-0.2, 0) is 25.7 Å². The first kappa shape index (κ1) is 21.5. The zero-order valence-corrected chi connectivity index (χ0v) is 18.4. The molecule has 4 rings (SSSR count). The molecule has 7 nitrogen and oxygen atoms in total. The van der Waals surface area contributed by atoms with E-state index in [2.05, 4.69) is 5.32 Å². The first-order chi connectivity index (χ1) is 15.4. The van der Waals surface area contributed by atoms with Gasteiger partial charge in [0.2, 0.25) is 0 Å². The molecule has 0 unspecified atom stereocenters. The number of hydrogen-bond donors (Lipinski definition) is 1. The monoisotopic (exact) mass is 447 g/mol.